The fraction of sp³-hybridized carbons (Fsp3) is 0.588. The van der Waals surface area contributed by atoms with Gasteiger partial charge in [-0.1, -0.05) is 19.1 Å². The van der Waals surface area contributed by atoms with E-state index < -0.39 is 0 Å². The Morgan fingerprint density at radius 1 is 1.14 bits per heavy atom. The molecule has 0 saturated heterocycles. The van der Waals surface area contributed by atoms with Crippen molar-refractivity contribution < 1.29 is 9.53 Å². The van der Waals surface area contributed by atoms with Crippen LogP contribution in [-0.2, 0) is 11.2 Å². The van der Waals surface area contributed by atoms with Crippen LogP contribution in [0.2, 0.25) is 0 Å². The van der Waals surface area contributed by atoms with Gasteiger partial charge in [0.05, 0.1) is 7.11 Å². The lowest BCUT2D eigenvalue weighted by atomic mass is 10.1. The number of carbonyl (C=O) groups excluding carboxylic acids is 1. The molecule has 1 rings (SSSR count). The van der Waals surface area contributed by atoms with Crippen LogP contribution in [0.25, 0.3) is 0 Å². The van der Waals surface area contributed by atoms with E-state index in [9.17, 15) is 4.79 Å². The van der Waals surface area contributed by atoms with E-state index in [1.54, 1.807) is 7.11 Å². The summed E-state index contributed by atoms with van der Waals surface area (Å²) >= 11 is 0. The molecule has 118 valence electrons. The summed E-state index contributed by atoms with van der Waals surface area (Å²) in [5, 5.41) is 0. The molecule has 0 spiro atoms. The molecule has 0 radical (unpaired) electrons. The highest BCUT2D eigenvalue weighted by atomic mass is 16.5. The Balaban J connectivity index is 2.33. The number of carbonyl (C=O) groups is 1. The van der Waals surface area contributed by atoms with E-state index >= 15 is 0 Å². The van der Waals surface area contributed by atoms with Crippen LogP contribution in [0.4, 0.5) is 0 Å². The van der Waals surface area contributed by atoms with Crippen molar-refractivity contribution in [1.82, 2.24) is 4.90 Å². The quantitative estimate of drug-likeness (QED) is 0.638. The summed E-state index contributed by atoms with van der Waals surface area (Å²) in [7, 11) is 1.68. The maximum absolute atomic E-state index is 10.7. The molecule has 0 saturated carbocycles. The third-order valence-electron chi connectivity index (χ3n) is 3.56. The van der Waals surface area contributed by atoms with E-state index in [1.807, 2.05) is 12.1 Å². The average molecular weight is 292 g/mol. The predicted octanol–water partition coefficient (Wildman–Crippen LogP) is 2.61. The number of rotatable bonds is 11. The second-order valence-corrected chi connectivity index (χ2v) is 5.36. The van der Waals surface area contributed by atoms with Crippen molar-refractivity contribution in [3.63, 3.8) is 0 Å². The highest BCUT2D eigenvalue weighted by Gasteiger charge is 2.05. The van der Waals surface area contributed by atoms with Gasteiger partial charge in [-0.25, -0.2) is 0 Å². The van der Waals surface area contributed by atoms with E-state index in [1.165, 1.54) is 5.56 Å². The molecule has 1 amide bonds. The lowest BCUT2D eigenvalue weighted by Gasteiger charge is -2.21. The van der Waals surface area contributed by atoms with Crippen molar-refractivity contribution in [2.24, 2.45) is 5.73 Å². The van der Waals surface area contributed by atoms with Gasteiger partial charge in [0.15, 0.2) is 0 Å². The average Bonchev–Trinajstić information content (AvgIpc) is 2.49. The number of primary amides is 1. The first-order valence-corrected chi connectivity index (χ1v) is 7.79. The van der Waals surface area contributed by atoms with Gasteiger partial charge in [-0.15, -0.1) is 0 Å². The fourth-order valence-corrected chi connectivity index (χ4v) is 2.37. The third-order valence-corrected chi connectivity index (χ3v) is 3.56. The van der Waals surface area contributed by atoms with Gasteiger partial charge in [-0.05, 0) is 56.5 Å². The monoisotopic (exact) mass is 292 g/mol. The second-order valence-electron chi connectivity index (χ2n) is 5.36. The zero-order valence-corrected chi connectivity index (χ0v) is 13.3. The maximum Gasteiger partial charge on any atom is 0.217 e. The number of methoxy groups -OCH3 is 1. The van der Waals surface area contributed by atoms with E-state index in [2.05, 4.69) is 24.0 Å². The molecule has 0 aliphatic heterocycles. The predicted molar refractivity (Wildman–Crippen MR) is 86.5 cm³/mol. The summed E-state index contributed by atoms with van der Waals surface area (Å²) in [5.74, 6) is 0.700. The van der Waals surface area contributed by atoms with Crippen LogP contribution < -0.4 is 10.5 Å². The molecule has 4 heteroatoms. The summed E-state index contributed by atoms with van der Waals surface area (Å²) in [5.41, 5.74) is 6.49. The molecule has 0 aliphatic rings. The molecule has 1 aromatic carbocycles. The van der Waals surface area contributed by atoms with Gasteiger partial charge < -0.3 is 15.4 Å². The molecule has 0 bridgehead atoms. The molecule has 4 nitrogen and oxygen atoms in total. The zero-order chi connectivity index (χ0) is 15.5. The molecule has 2 N–H and O–H groups in total. The lowest BCUT2D eigenvalue weighted by Crippen LogP contribution is -2.28. The van der Waals surface area contributed by atoms with Gasteiger partial charge in [0, 0.05) is 13.0 Å². The maximum atomic E-state index is 10.7. The minimum Gasteiger partial charge on any atom is -0.497 e. The smallest absolute Gasteiger partial charge is 0.217 e. The van der Waals surface area contributed by atoms with E-state index in [0.717, 1.165) is 51.1 Å². The standard InChI is InChI=1S/C17H28N2O2/c1-3-12-19(13-5-4-6-17(18)20)14-11-15-7-9-16(21-2)10-8-15/h7-10H,3-6,11-14H2,1-2H3,(H2,18,20). The minimum absolute atomic E-state index is 0.199. The molecule has 0 unspecified atom stereocenters. The van der Waals surface area contributed by atoms with Gasteiger partial charge in [0.1, 0.15) is 5.75 Å². The Hall–Kier alpha value is -1.55. The number of hydrogen-bond donors (Lipinski definition) is 1. The SMILES string of the molecule is CCCN(CCCCC(N)=O)CCc1ccc(OC)cc1. The second kappa shape index (κ2) is 10.2. The van der Waals surface area contributed by atoms with Crippen LogP contribution in [0.15, 0.2) is 24.3 Å². The van der Waals surface area contributed by atoms with Gasteiger partial charge >= 0.3 is 0 Å². The van der Waals surface area contributed by atoms with E-state index in [4.69, 9.17) is 10.5 Å². The normalized spacial score (nSPS) is 10.8. The molecule has 0 aromatic heterocycles. The van der Waals surface area contributed by atoms with Gasteiger partial charge in [-0.3, -0.25) is 4.79 Å². The number of hydrogen-bond acceptors (Lipinski definition) is 3. The molecule has 0 atom stereocenters. The number of nitrogens with two attached hydrogens (primary N) is 1. The number of unbranched alkanes of at least 4 members (excludes halogenated alkanes) is 1. The number of nitrogens with zero attached hydrogens (tertiary/aromatic N) is 1. The van der Waals surface area contributed by atoms with Crippen LogP contribution >= 0.6 is 0 Å². The zero-order valence-electron chi connectivity index (χ0n) is 13.3. The Kier molecular flexibility index (Phi) is 8.51. The molecule has 21 heavy (non-hydrogen) atoms. The van der Waals surface area contributed by atoms with Crippen molar-refractivity contribution in [3.05, 3.63) is 29.8 Å². The van der Waals surface area contributed by atoms with Crippen molar-refractivity contribution in [2.45, 2.75) is 39.0 Å². The summed E-state index contributed by atoms with van der Waals surface area (Å²) in [6, 6.07) is 8.25. The van der Waals surface area contributed by atoms with Crippen molar-refractivity contribution >= 4 is 5.91 Å². The number of amides is 1. The van der Waals surface area contributed by atoms with E-state index in [-0.39, 0.29) is 5.91 Å². The molecule has 0 aliphatic carbocycles. The molecule has 0 fully saturated rings. The number of ether oxygens (including phenoxy) is 1. The molecule has 1 aromatic rings. The summed E-state index contributed by atoms with van der Waals surface area (Å²) in [6.45, 7) is 5.39. The third kappa shape index (κ3) is 7.71. The minimum atomic E-state index is -0.199. The van der Waals surface area contributed by atoms with Crippen molar-refractivity contribution in [3.8, 4) is 5.75 Å². The largest absolute Gasteiger partial charge is 0.497 e. The molecular weight excluding hydrogens is 264 g/mol. The topological polar surface area (TPSA) is 55.6 Å². The van der Waals surface area contributed by atoms with Crippen LogP contribution in [0.5, 0.6) is 5.75 Å². The van der Waals surface area contributed by atoms with Crippen LogP contribution in [0.3, 0.4) is 0 Å². The summed E-state index contributed by atoms with van der Waals surface area (Å²) in [4.78, 5) is 13.2. The first-order valence-electron chi connectivity index (χ1n) is 7.79. The first kappa shape index (κ1) is 17.5. The van der Waals surface area contributed by atoms with Crippen LogP contribution in [0, 0.1) is 0 Å². The highest BCUT2D eigenvalue weighted by molar-refractivity contribution is 5.73. The Morgan fingerprint density at radius 3 is 2.43 bits per heavy atom. The van der Waals surface area contributed by atoms with Crippen LogP contribution in [0.1, 0.15) is 38.2 Å². The van der Waals surface area contributed by atoms with Gasteiger partial charge in [-0.2, -0.15) is 0 Å². The number of benzene rings is 1. The summed E-state index contributed by atoms with van der Waals surface area (Å²) in [6.07, 6.45) is 4.61. The van der Waals surface area contributed by atoms with Gasteiger partial charge in [0.2, 0.25) is 5.91 Å². The Morgan fingerprint density at radius 2 is 1.86 bits per heavy atom. The van der Waals surface area contributed by atoms with Crippen molar-refractivity contribution in [1.29, 1.82) is 0 Å². The fourth-order valence-electron chi connectivity index (χ4n) is 2.37. The first-order chi connectivity index (χ1) is 10.2. The van der Waals surface area contributed by atoms with Gasteiger partial charge in [0.25, 0.3) is 0 Å². The summed E-state index contributed by atoms with van der Waals surface area (Å²) < 4.78 is 5.17. The molecular formula is C17H28N2O2. The highest BCUT2D eigenvalue weighted by Crippen LogP contribution is 2.12. The molecule has 0 heterocycles. The Labute approximate surface area is 128 Å². The van der Waals surface area contributed by atoms with Crippen LogP contribution in [-0.4, -0.2) is 37.6 Å². The lowest BCUT2D eigenvalue weighted by molar-refractivity contribution is -0.118. The van der Waals surface area contributed by atoms with Crippen molar-refractivity contribution in [2.75, 3.05) is 26.7 Å². The van der Waals surface area contributed by atoms with E-state index in [0.29, 0.717) is 6.42 Å². The Bertz CT molecular complexity index is 404.